The minimum atomic E-state index is -0.965. The van der Waals surface area contributed by atoms with Gasteiger partial charge in [-0.05, 0) is 35.6 Å². The van der Waals surface area contributed by atoms with E-state index in [-0.39, 0.29) is 11.8 Å². The summed E-state index contributed by atoms with van der Waals surface area (Å²) in [6.45, 7) is 11.6. The minimum absolute atomic E-state index is 0.00174. The van der Waals surface area contributed by atoms with Crippen LogP contribution < -0.4 is 9.64 Å². The minimum Gasteiger partial charge on any atom is -0.494 e. The van der Waals surface area contributed by atoms with Crippen LogP contribution in [0.3, 0.4) is 0 Å². The Morgan fingerprint density at radius 3 is 2.29 bits per heavy atom. The average molecular weight is 427 g/mol. The second-order valence-corrected chi connectivity index (χ2v) is 9.09. The van der Waals surface area contributed by atoms with Gasteiger partial charge < -0.3 is 19.5 Å². The van der Waals surface area contributed by atoms with Crippen LogP contribution in [0, 0.1) is 5.92 Å². The highest BCUT2D eigenvalue weighted by Gasteiger charge is 2.44. The number of benzene rings is 2. The summed E-state index contributed by atoms with van der Waals surface area (Å²) in [6.07, 6.45) is 3.45. The monoisotopic (exact) mass is 426 g/mol. The van der Waals surface area contributed by atoms with Crippen molar-refractivity contribution in [1.29, 1.82) is 0 Å². The van der Waals surface area contributed by atoms with Gasteiger partial charge in [0.25, 0.3) is 0 Å². The van der Waals surface area contributed by atoms with E-state index in [1.54, 1.807) is 0 Å². The molecule has 2 atom stereocenters. The van der Waals surface area contributed by atoms with Crippen LogP contribution in [0.4, 0.5) is 0 Å². The van der Waals surface area contributed by atoms with Gasteiger partial charge in [-0.25, -0.2) is 0 Å². The first-order chi connectivity index (χ1) is 15.1. The van der Waals surface area contributed by atoms with Gasteiger partial charge in [0, 0.05) is 0 Å². The molecule has 4 heteroatoms. The Bertz CT molecular complexity index is 756. The van der Waals surface area contributed by atoms with E-state index in [0.717, 1.165) is 57.2 Å². The molecular weight excluding hydrogens is 386 g/mol. The zero-order valence-corrected chi connectivity index (χ0v) is 19.5. The molecule has 1 aliphatic rings. The number of hydrogen-bond donors (Lipinski definition) is 2. The molecular formula is C27H40NO3+. The van der Waals surface area contributed by atoms with Crippen LogP contribution >= 0.6 is 0 Å². The van der Waals surface area contributed by atoms with Crippen LogP contribution in [0.15, 0.2) is 54.6 Å². The molecule has 170 valence electrons. The van der Waals surface area contributed by atoms with Crippen LogP contribution in [-0.2, 0) is 10.3 Å². The van der Waals surface area contributed by atoms with Gasteiger partial charge in [-0.15, -0.1) is 0 Å². The summed E-state index contributed by atoms with van der Waals surface area (Å²) in [4.78, 5) is 1.50. The summed E-state index contributed by atoms with van der Waals surface area (Å²) in [5.41, 5.74) is 1.19. The van der Waals surface area contributed by atoms with Gasteiger partial charge in [-0.1, -0.05) is 76.1 Å². The first kappa shape index (κ1) is 23.8. The summed E-state index contributed by atoms with van der Waals surface area (Å²) in [7, 11) is 0. The molecule has 0 spiro atoms. The molecule has 1 heterocycles. The highest BCUT2D eigenvalue weighted by molar-refractivity contribution is 5.36. The quantitative estimate of drug-likeness (QED) is 0.537. The van der Waals surface area contributed by atoms with Crippen molar-refractivity contribution < 1.29 is 19.5 Å². The smallest absolute Gasteiger partial charge is 0.119 e. The standard InChI is InChI=1S/C27H39NO3/c1-4-5-9-18-31-25-14-12-24(13-15-25)27(29,22(2)3)26(23-10-7-6-8-11-23)21-28-16-19-30-20-17-28/h6-8,10-15,22,26,29H,4-5,9,16-21H2,1-3H3/p+1/t26-,27-/m1/s1. The van der Waals surface area contributed by atoms with E-state index < -0.39 is 5.60 Å². The Kier molecular flexibility index (Phi) is 8.94. The maximum atomic E-state index is 12.3. The molecule has 1 aliphatic heterocycles. The lowest BCUT2D eigenvalue weighted by Gasteiger charge is -2.42. The van der Waals surface area contributed by atoms with E-state index in [4.69, 9.17) is 9.47 Å². The van der Waals surface area contributed by atoms with E-state index in [2.05, 4.69) is 57.2 Å². The lowest BCUT2D eigenvalue weighted by molar-refractivity contribution is -0.910. The van der Waals surface area contributed by atoms with E-state index in [1.807, 2.05) is 18.2 Å². The first-order valence-electron chi connectivity index (χ1n) is 12.0. The third kappa shape index (κ3) is 6.09. The lowest BCUT2D eigenvalue weighted by atomic mass is 9.70. The molecule has 1 fully saturated rings. The molecule has 0 unspecified atom stereocenters. The number of quaternary nitrogens is 1. The van der Waals surface area contributed by atoms with Crippen LogP contribution in [0.5, 0.6) is 5.75 Å². The Labute approximate surface area is 188 Å². The summed E-state index contributed by atoms with van der Waals surface area (Å²) in [5, 5.41) is 12.3. The van der Waals surface area contributed by atoms with Crippen molar-refractivity contribution in [2.45, 2.75) is 51.6 Å². The fourth-order valence-corrected chi connectivity index (χ4v) is 4.66. The summed E-state index contributed by atoms with van der Waals surface area (Å²) in [5.74, 6) is 0.939. The third-order valence-electron chi connectivity index (χ3n) is 6.64. The van der Waals surface area contributed by atoms with Gasteiger partial charge in [0.15, 0.2) is 0 Å². The highest BCUT2D eigenvalue weighted by Crippen LogP contribution is 2.42. The Balaban J connectivity index is 1.87. The molecule has 0 aromatic heterocycles. The fourth-order valence-electron chi connectivity index (χ4n) is 4.66. The molecule has 2 aromatic rings. The van der Waals surface area contributed by atoms with Crippen LogP contribution in [0.1, 0.15) is 57.1 Å². The number of unbranched alkanes of at least 4 members (excludes halogenated alkanes) is 2. The normalized spacial score (nSPS) is 18.0. The molecule has 0 radical (unpaired) electrons. The molecule has 2 aromatic carbocycles. The zero-order valence-electron chi connectivity index (χ0n) is 19.5. The Morgan fingerprint density at radius 1 is 1.00 bits per heavy atom. The zero-order chi connectivity index (χ0) is 22.1. The van der Waals surface area contributed by atoms with Crippen molar-refractivity contribution in [3.63, 3.8) is 0 Å². The van der Waals surface area contributed by atoms with Crippen molar-refractivity contribution in [3.8, 4) is 5.75 Å². The predicted octanol–water partition coefficient (Wildman–Crippen LogP) is 3.80. The van der Waals surface area contributed by atoms with Crippen LogP contribution in [0.25, 0.3) is 0 Å². The second-order valence-electron chi connectivity index (χ2n) is 9.09. The van der Waals surface area contributed by atoms with Gasteiger partial charge in [0.1, 0.15) is 24.4 Å². The average Bonchev–Trinajstić information content (AvgIpc) is 2.81. The number of rotatable bonds is 11. The maximum Gasteiger partial charge on any atom is 0.119 e. The van der Waals surface area contributed by atoms with Gasteiger partial charge >= 0.3 is 0 Å². The number of nitrogens with one attached hydrogen (secondary N) is 1. The number of ether oxygens (including phenoxy) is 2. The Morgan fingerprint density at radius 2 is 1.68 bits per heavy atom. The molecule has 2 N–H and O–H groups in total. The fraction of sp³-hybridized carbons (Fsp3) is 0.556. The predicted molar refractivity (Wildman–Crippen MR) is 126 cm³/mol. The lowest BCUT2D eigenvalue weighted by Crippen LogP contribution is -3.14. The molecule has 3 rings (SSSR count). The third-order valence-corrected chi connectivity index (χ3v) is 6.64. The van der Waals surface area contributed by atoms with Crippen molar-refractivity contribution in [3.05, 3.63) is 65.7 Å². The highest BCUT2D eigenvalue weighted by atomic mass is 16.5. The molecule has 0 amide bonds. The van der Waals surface area contributed by atoms with E-state index in [0.29, 0.717) is 0 Å². The van der Waals surface area contributed by atoms with Gasteiger partial charge in [-0.2, -0.15) is 0 Å². The SMILES string of the molecule is CCCCCOc1ccc([C@](O)(C(C)C)[C@H](C[NH+]2CCOCC2)c2ccccc2)cc1. The first-order valence-corrected chi connectivity index (χ1v) is 12.0. The number of aliphatic hydroxyl groups is 1. The van der Waals surface area contributed by atoms with E-state index in [9.17, 15) is 5.11 Å². The maximum absolute atomic E-state index is 12.3. The van der Waals surface area contributed by atoms with Crippen molar-refractivity contribution in [2.75, 3.05) is 39.5 Å². The molecule has 0 saturated carbocycles. The van der Waals surface area contributed by atoms with Gasteiger partial charge in [-0.3, -0.25) is 0 Å². The van der Waals surface area contributed by atoms with Crippen LogP contribution in [0.2, 0.25) is 0 Å². The van der Waals surface area contributed by atoms with Gasteiger partial charge in [0.05, 0.1) is 32.3 Å². The van der Waals surface area contributed by atoms with Crippen molar-refractivity contribution in [2.24, 2.45) is 5.92 Å². The topological polar surface area (TPSA) is 43.1 Å². The summed E-state index contributed by atoms with van der Waals surface area (Å²) >= 11 is 0. The number of morpholine rings is 1. The molecule has 31 heavy (non-hydrogen) atoms. The number of hydrogen-bond acceptors (Lipinski definition) is 3. The van der Waals surface area contributed by atoms with E-state index >= 15 is 0 Å². The molecule has 0 aliphatic carbocycles. The van der Waals surface area contributed by atoms with E-state index in [1.165, 1.54) is 23.3 Å². The van der Waals surface area contributed by atoms with Crippen molar-refractivity contribution >= 4 is 0 Å². The molecule has 4 nitrogen and oxygen atoms in total. The van der Waals surface area contributed by atoms with Crippen LogP contribution in [-0.4, -0.2) is 44.6 Å². The Hall–Kier alpha value is -1.88. The van der Waals surface area contributed by atoms with Gasteiger partial charge in [0.2, 0.25) is 0 Å². The summed E-state index contributed by atoms with van der Waals surface area (Å²) in [6, 6.07) is 18.6. The largest absolute Gasteiger partial charge is 0.494 e. The summed E-state index contributed by atoms with van der Waals surface area (Å²) < 4.78 is 11.5. The molecule has 0 bridgehead atoms. The second kappa shape index (κ2) is 11.7. The molecule has 1 saturated heterocycles. The van der Waals surface area contributed by atoms with Crippen molar-refractivity contribution in [1.82, 2.24) is 0 Å².